The Bertz CT molecular complexity index is 2600. The van der Waals surface area contributed by atoms with Gasteiger partial charge in [-0.1, -0.05) is 0 Å². The monoisotopic (exact) mass is 1060 g/mol. The number of amides is 5. The van der Waals surface area contributed by atoms with Gasteiger partial charge in [0.15, 0.2) is 0 Å². The number of carboxylic acids is 2. The van der Waals surface area contributed by atoms with E-state index < -0.39 is 108 Å². The molecule has 0 saturated carbocycles. The van der Waals surface area contributed by atoms with E-state index in [4.69, 9.17) is 10.2 Å². The molecule has 0 radical (unpaired) electrons. The van der Waals surface area contributed by atoms with Gasteiger partial charge in [-0.3, -0.25) is 0 Å². The molecule has 63 heavy (non-hydrogen) atoms. The summed E-state index contributed by atoms with van der Waals surface area (Å²) < 4.78 is 7.45. The first kappa shape index (κ1) is 45.3. The Morgan fingerprint density at radius 2 is 1.49 bits per heavy atom. The summed E-state index contributed by atoms with van der Waals surface area (Å²) in [6.45, 7) is -0.387. The summed E-state index contributed by atoms with van der Waals surface area (Å²) in [6, 6.07) is 6.35. The molecule has 24 heteroatoms. The number of hydrogen-bond donors (Lipinski definition) is 8. The van der Waals surface area contributed by atoms with Crippen molar-refractivity contribution in [1.82, 2.24) is 26.2 Å². The van der Waals surface area contributed by atoms with E-state index >= 15 is 0 Å². The van der Waals surface area contributed by atoms with Gasteiger partial charge in [0.25, 0.3) is 0 Å². The van der Waals surface area contributed by atoms with Crippen molar-refractivity contribution < 1.29 is 53.3 Å². The molecule has 330 valence electrons. The second-order valence-electron chi connectivity index (χ2n) is 14.7. The fraction of sp³-hybridized carbons (Fsp3) is 0.333. The van der Waals surface area contributed by atoms with Gasteiger partial charge >= 0.3 is 383 Å². The van der Waals surface area contributed by atoms with Crippen molar-refractivity contribution in [1.29, 1.82) is 0 Å². The molecular formula is C39H38As2N6O12S4. The number of aromatic hydroxyl groups is 1. The quantitative estimate of drug-likeness (QED) is 0.0931. The molecule has 1 aliphatic carbocycles. The van der Waals surface area contributed by atoms with E-state index in [-0.39, 0.29) is 68.5 Å². The van der Waals surface area contributed by atoms with Gasteiger partial charge in [-0.15, -0.1) is 0 Å². The number of fused-ring (bicyclic) bond motifs is 9. The van der Waals surface area contributed by atoms with E-state index in [2.05, 4.69) is 21.3 Å². The normalized spacial score (nSPS) is 26.3. The molecule has 5 aliphatic heterocycles. The third kappa shape index (κ3) is 9.17. The molecule has 5 amide bonds. The predicted octanol–water partition coefficient (Wildman–Crippen LogP) is -0.694. The predicted molar refractivity (Wildman–Crippen MR) is 243 cm³/mol. The molecule has 7 atom stereocenters. The van der Waals surface area contributed by atoms with Crippen molar-refractivity contribution in [2.24, 2.45) is 5.73 Å². The van der Waals surface area contributed by atoms with Gasteiger partial charge in [0.2, 0.25) is 0 Å². The summed E-state index contributed by atoms with van der Waals surface area (Å²) >= 11 is -5.80. The number of nitrogens with one attached hydrogen (secondary N) is 4. The van der Waals surface area contributed by atoms with E-state index in [0.717, 1.165) is 0 Å². The Labute approximate surface area is 380 Å². The van der Waals surface area contributed by atoms with Crippen LogP contribution in [0.25, 0.3) is 33.4 Å². The van der Waals surface area contributed by atoms with Crippen molar-refractivity contribution in [3.05, 3.63) is 64.3 Å². The number of rotatable bonds is 3. The third-order valence-electron chi connectivity index (χ3n) is 10.7. The summed E-state index contributed by atoms with van der Waals surface area (Å²) in [7, 11) is 5.13. The van der Waals surface area contributed by atoms with Crippen LogP contribution >= 0.6 is 40.1 Å². The van der Waals surface area contributed by atoms with Gasteiger partial charge in [-0.2, -0.15) is 0 Å². The molecule has 2 aromatic carbocycles. The van der Waals surface area contributed by atoms with Crippen LogP contribution in [0.3, 0.4) is 0 Å². The van der Waals surface area contributed by atoms with Crippen molar-refractivity contribution in [2.75, 3.05) is 36.1 Å². The van der Waals surface area contributed by atoms with Gasteiger partial charge in [-0.05, 0) is 0 Å². The van der Waals surface area contributed by atoms with Gasteiger partial charge in [0.05, 0.1) is 0 Å². The number of carboxylic acid groups (broad SMARTS) is 2. The topological polar surface area (TPSA) is 288 Å². The molecule has 18 nitrogen and oxygen atoms in total. The maximum atomic E-state index is 14.3. The molecule has 0 spiro atoms. The Morgan fingerprint density at radius 3 is 2.25 bits per heavy atom. The zero-order valence-electron chi connectivity index (χ0n) is 32.7. The van der Waals surface area contributed by atoms with E-state index in [0.29, 0.717) is 27.3 Å². The number of carbonyl (C=O) groups is 7. The summed E-state index contributed by atoms with van der Waals surface area (Å²) in [6.07, 6.45) is 0.738. The number of aromatic carboxylic acids is 1. The molecule has 2 unspecified atom stereocenters. The van der Waals surface area contributed by atoms with Crippen LogP contribution in [0.15, 0.2) is 57.7 Å². The first-order valence-electron chi connectivity index (χ1n) is 19.4. The molecule has 3 fully saturated rings. The van der Waals surface area contributed by atoms with Crippen molar-refractivity contribution in [3.8, 4) is 28.2 Å². The molecule has 0 aromatic heterocycles. The molecule has 9 N–H and O–H groups in total. The van der Waals surface area contributed by atoms with Crippen LogP contribution in [-0.4, -0.2) is 153 Å². The standard InChI is InChI=1S/C39H38As2N6O12S4/c42-21-13-60-40-30-26(48)9-7-19-29(17-4-1-2-5-18(17)38(55)56)20-8-10-27(49)31(33(20)59-32(19)30)41-61-14-22(35(52)46-24(16-63-41)39(57)58)44-28(50)12-43-36(53)25-6-3-11-47(25)37(54)23(15-62-40)45-34(21)51/h1-2,4-5,7-10,21-25,48H,3,6,11-16,42H2,(H,43,53)(H,44,50)(H,45,51)(H,46,52)(H,55,56)(H,57,58)/t21-,22-,23-,24-,25+,40?,41?/m1/s1. The summed E-state index contributed by atoms with van der Waals surface area (Å²) in [5, 5.41) is 43.3. The van der Waals surface area contributed by atoms with Crippen LogP contribution in [0.2, 0.25) is 0 Å². The number of phenols is 1. The van der Waals surface area contributed by atoms with Crippen molar-refractivity contribution >= 4 is 126 Å². The van der Waals surface area contributed by atoms with Crippen LogP contribution in [0.4, 0.5) is 0 Å². The molecule has 6 bridgehead atoms. The zero-order valence-corrected chi connectivity index (χ0v) is 39.7. The van der Waals surface area contributed by atoms with E-state index in [1.54, 1.807) is 24.3 Å². The third-order valence-corrected chi connectivity index (χ3v) is 36.9. The molecular weight excluding hydrogens is 1020 g/mol. The summed E-state index contributed by atoms with van der Waals surface area (Å²) in [4.78, 5) is 109. The van der Waals surface area contributed by atoms with Gasteiger partial charge < -0.3 is 0 Å². The summed E-state index contributed by atoms with van der Waals surface area (Å²) in [5.74, 6) is -6.13. The van der Waals surface area contributed by atoms with E-state index in [1.165, 1.54) is 69.3 Å². The fourth-order valence-electron chi connectivity index (χ4n) is 7.59. The molecule has 2 aromatic rings. The van der Waals surface area contributed by atoms with Crippen LogP contribution in [0.1, 0.15) is 23.2 Å². The second kappa shape index (κ2) is 19.0. The van der Waals surface area contributed by atoms with Crippen molar-refractivity contribution in [3.63, 3.8) is 0 Å². The van der Waals surface area contributed by atoms with Gasteiger partial charge in [-0.25, -0.2) is 0 Å². The van der Waals surface area contributed by atoms with E-state index in [1.807, 2.05) is 0 Å². The zero-order chi connectivity index (χ0) is 44.7. The number of nitrogens with two attached hydrogens (primary N) is 1. The van der Waals surface area contributed by atoms with E-state index in [9.17, 15) is 53.7 Å². The first-order chi connectivity index (χ1) is 30.2. The minimum atomic E-state index is -2.98. The van der Waals surface area contributed by atoms with Crippen LogP contribution in [0, 0.1) is 0 Å². The van der Waals surface area contributed by atoms with Crippen LogP contribution in [-0.2, 0) is 28.8 Å². The van der Waals surface area contributed by atoms with Crippen LogP contribution < -0.4 is 41.1 Å². The number of nitrogens with zero attached hydrogens (tertiary/aromatic N) is 1. The SMILES string of the molecule is N[C@@H]1CS[As]2SC[C@@H](NC1=O)C(=O)N1CCC[C@H]1C(=O)NCC(=O)N[C@@H]1CS[As](SC[C@H](C(=O)O)NC1=O)c1c3oc4c2c(O)ccc4c(-c2ccccc2C(=O)O)c-3ccc1=O. The second-order valence-corrected chi connectivity index (χ2v) is 37.6. The Kier molecular flexibility index (Phi) is 13.7. The fourth-order valence-corrected chi connectivity index (χ4v) is 33.9. The molecule has 3 saturated heterocycles. The van der Waals surface area contributed by atoms with Gasteiger partial charge in [0, 0.05) is 0 Å². The number of benzene rings is 3. The Morgan fingerprint density at radius 1 is 0.778 bits per heavy atom. The van der Waals surface area contributed by atoms with Gasteiger partial charge in [0.1, 0.15) is 0 Å². The number of phenolic OH excluding ortho intramolecular Hbond substituents is 1. The Balaban J connectivity index is 1.39. The average molecular weight is 1060 g/mol. The number of hydrogen-bond acceptors (Lipinski definition) is 15. The molecule has 8 rings (SSSR count). The molecule has 6 aliphatic rings. The average Bonchev–Trinajstić information content (AvgIpc) is 3.79. The Hall–Kier alpha value is -4.30. The maximum absolute atomic E-state index is 14.3. The first-order valence-corrected chi connectivity index (χ1v) is 34.2. The minimum absolute atomic E-state index is 0.0163. The molecule has 5 heterocycles. The number of carbonyl (C=O) groups excluding carboxylic acids is 5. The van der Waals surface area contributed by atoms with Crippen LogP contribution in [0.5, 0.6) is 5.75 Å². The number of aliphatic carboxylic acids is 1. The summed E-state index contributed by atoms with van der Waals surface area (Å²) in [5.41, 5.74) is 7.05. The van der Waals surface area contributed by atoms with Crippen molar-refractivity contribution in [2.45, 2.75) is 43.1 Å².